The molecule has 1 aliphatic heterocycles. The van der Waals surface area contributed by atoms with Crippen molar-refractivity contribution in [2.75, 3.05) is 32.1 Å². The van der Waals surface area contributed by atoms with E-state index in [4.69, 9.17) is 4.74 Å². The van der Waals surface area contributed by atoms with E-state index >= 15 is 0 Å². The number of quaternary nitrogens is 1. The van der Waals surface area contributed by atoms with E-state index in [1.165, 1.54) is 36.4 Å². The number of ether oxygens (including phenoxy) is 1. The Bertz CT molecular complexity index is 865. The van der Waals surface area contributed by atoms with Gasteiger partial charge in [-0.25, -0.2) is 0 Å². The Morgan fingerprint density at radius 2 is 2.04 bits per heavy atom. The zero-order valence-electron chi connectivity index (χ0n) is 15.1. The van der Waals surface area contributed by atoms with Gasteiger partial charge < -0.3 is 15.0 Å². The number of nitro benzene ring substituents is 1. The number of carbonyl (C=O) groups excluding carboxylic acids is 1. The fraction of sp³-hybridized carbons (Fsp3) is 0.250. The van der Waals surface area contributed by atoms with Crippen LogP contribution in [0.15, 0.2) is 54.6 Å². The van der Waals surface area contributed by atoms with E-state index in [2.05, 4.69) is 23.5 Å². The van der Waals surface area contributed by atoms with Gasteiger partial charge in [0.1, 0.15) is 5.75 Å². The molecule has 0 fully saturated rings. The first kappa shape index (κ1) is 18.6. The van der Waals surface area contributed by atoms with Crippen LogP contribution in [0, 0.1) is 10.1 Å². The minimum atomic E-state index is -0.499. The fourth-order valence-electron chi connectivity index (χ4n) is 3.19. The predicted octanol–water partition coefficient (Wildman–Crippen LogP) is 1.91. The second kappa shape index (κ2) is 8.46. The Kier molecular flexibility index (Phi) is 5.83. The highest BCUT2D eigenvalue weighted by molar-refractivity contribution is 5.93. The molecule has 0 aromatic heterocycles. The maximum absolute atomic E-state index is 12.4. The number of nitro groups is 1. The van der Waals surface area contributed by atoms with Crippen molar-refractivity contribution in [1.82, 2.24) is 0 Å². The molecule has 2 aromatic rings. The lowest BCUT2D eigenvalue weighted by Gasteiger charge is -2.23. The minimum Gasteiger partial charge on any atom is -0.495 e. The Morgan fingerprint density at radius 1 is 1.26 bits per heavy atom. The number of carbonyl (C=O) groups is 1. The van der Waals surface area contributed by atoms with Crippen LogP contribution in [0.3, 0.4) is 0 Å². The zero-order chi connectivity index (χ0) is 19.2. The first-order chi connectivity index (χ1) is 13.1. The standard InChI is InChI=1S/C20H21N3O4/c1-27-19-8-7-17(23(25)26)13-18(19)21-20(24)14-22-11-9-16(10-12-22)15-5-3-2-4-6-15/h2-9,13H,10-12,14H2,1H3,(H,21,24)/p+1. The lowest BCUT2D eigenvalue weighted by atomic mass is 10.00. The molecule has 27 heavy (non-hydrogen) atoms. The van der Waals surface area contributed by atoms with Crippen LogP contribution >= 0.6 is 0 Å². The van der Waals surface area contributed by atoms with Crippen molar-refractivity contribution in [3.05, 3.63) is 70.3 Å². The highest BCUT2D eigenvalue weighted by Crippen LogP contribution is 2.28. The quantitative estimate of drug-likeness (QED) is 0.602. The van der Waals surface area contributed by atoms with Gasteiger partial charge in [0.15, 0.2) is 6.54 Å². The summed E-state index contributed by atoms with van der Waals surface area (Å²) in [5.41, 5.74) is 2.75. The third-order valence-corrected chi connectivity index (χ3v) is 4.61. The van der Waals surface area contributed by atoms with Gasteiger partial charge in [0.2, 0.25) is 0 Å². The molecule has 7 heteroatoms. The van der Waals surface area contributed by atoms with Gasteiger partial charge in [0, 0.05) is 18.6 Å². The maximum atomic E-state index is 12.4. The highest BCUT2D eigenvalue weighted by atomic mass is 16.6. The van der Waals surface area contributed by atoms with E-state index in [1.54, 1.807) is 0 Å². The Labute approximate surface area is 157 Å². The smallest absolute Gasteiger partial charge is 0.279 e. The van der Waals surface area contributed by atoms with Crippen molar-refractivity contribution < 1.29 is 19.4 Å². The molecule has 0 saturated heterocycles. The summed E-state index contributed by atoms with van der Waals surface area (Å²) in [7, 11) is 1.46. The van der Waals surface area contributed by atoms with Crippen molar-refractivity contribution in [3.63, 3.8) is 0 Å². The van der Waals surface area contributed by atoms with Crippen molar-refractivity contribution in [3.8, 4) is 5.75 Å². The summed E-state index contributed by atoms with van der Waals surface area (Å²) in [6, 6.07) is 14.4. The van der Waals surface area contributed by atoms with E-state index < -0.39 is 4.92 Å². The fourth-order valence-corrected chi connectivity index (χ4v) is 3.19. The topological polar surface area (TPSA) is 85.9 Å². The second-order valence-electron chi connectivity index (χ2n) is 6.42. The first-order valence-electron chi connectivity index (χ1n) is 8.77. The maximum Gasteiger partial charge on any atom is 0.279 e. The molecule has 0 aliphatic carbocycles. The number of rotatable bonds is 6. The van der Waals surface area contributed by atoms with Gasteiger partial charge in [-0.2, -0.15) is 0 Å². The van der Waals surface area contributed by atoms with Crippen LogP contribution in [-0.2, 0) is 4.79 Å². The molecule has 2 N–H and O–H groups in total. The molecule has 1 atom stereocenters. The summed E-state index contributed by atoms with van der Waals surface area (Å²) in [4.78, 5) is 24.0. The summed E-state index contributed by atoms with van der Waals surface area (Å²) in [5.74, 6) is 0.203. The van der Waals surface area contributed by atoms with Gasteiger partial charge >= 0.3 is 0 Å². The van der Waals surface area contributed by atoms with Crippen LogP contribution in [0.1, 0.15) is 12.0 Å². The molecule has 0 saturated carbocycles. The number of anilines is 1. The van der Waals surface area contributed by atoms with Crippen LogP contribution < -0.4 is 15.0 Å². The molecule has 0 bridgehead atoms. The van der Waals surface area contributed by atoms with Crippen molar-refractivity contribution >= 4 is 22.9 Å². The van der Waals surface area contributed by atoms with E-state index in [9.17, 15) is 14.9 Å². The average molecular weight is 368 g/mol. The van der Waals surface area contributed by atoms with Crippen LogP contribution in [0.2, 0.25) is 0 Å². The van der Waals surface area contributed by atoms with E-state index in [-0.39, 0.29) is 11.6 Å². The molecule has 1 heterocycles. The van der Waals surface area contributed by atoms with Gasteiger partial charge in [-0.3, -0.25) is 14.9 Å². The average Bonchev–Trinajstić information content (AvgIpc) is 2.69. The third kappa shape index (κ3) is 4.71. The summed E-state index contributed by atoms with van der Waals surface area (Å²) >= 11 is 0. The summed E-state index contributed by atoms with van der Waals surface area (Å²) in [6.45, 7) is 1.92. The first-order valence-corrected chi connectivity index (χ1v) is 8.77. The normalized spacial score (nSPS) is 16.3. The summed E-state index contributed by atoms with van der Waals surface area (Å²) < 4.78 is 5.18. The molecule has 1 unspecified atom stereocenters. The molecule has 3 rings (SSSR count). The van der Waals surface area contributed by atoms with Gasteiger partial charge in [0.25, 0.3) is 11.6 Å². The number of nitrogens with zero attached hydrogens (tertiary/aromatic N) is 1. The van der Waals surface area contributed by atoms with E-state index in [1.807, 2.05) is 18.2 Å². The lowest BCUT2D eigenvalue weighted by molar-refractivity contribution is -0.886. The zero-order valence-corrected chi connectivity index (χ0v) is 15.1. The predicted molar refractivity (Wildman–Crippen MR) is 103 cm³/mol. The second-order valence-corrected chi connectivity index (χ2v) is 6.42. The number of non-ortho nitro benzene ring substituents is 1. The van der Waals surface area contributed by atoms with Gasteiger partial charge in [-0.1, -0.05) is 30.3 Å². The molecule has 2 aromatic carbocycles. The lowest BCUT2D eigenvalue weighted by Crippen LogP contribution is -3.13. The largest absolute Gasteiger partial charge is 0.495 e. The van der Waals surface area contributed by atoms with E-state index in [0.717, 1.165) is 24.4 Å². The molecule has 1 aliphatic rings. The minimum absolute atomic E-state index is 0.0909. The van der Waals surface area contributed by atoms with Crippen molar-refractivity contribution in [2.24, 2.45) is 0 Å². The Balaban J connectivity index is 1.61. The van der Waals surface area contributed by atoms with E-state index in [0.29, 0.717) is 18.0 Å². The number of hydrogen-bond acceptors (Lipinski definition) is 4. The highest BCUT2D eigenvalue weighted by Gasteiger charge is 2.20. The monoisotopic (exact) mass is 368 g/mol. The van der Waals surface area contributed by atoms with Crippen molar-refractivity contribution in [2.45, 2.75) is 6.42 Å². The SMILES string of the molecule is COc1ccc([N+](=O)[O-])cc1NC(=O)C[NH+]1CC=C(c2ccccc2)CC1. The molecule has 1 amide bonds. The number of benzene rings is 2. The number of hydrogen-bond donors (Lipinski definition) is 2. The molecule has 0 radical (unpaired) electrons. The van der Waals surface area contributed by atoms with Gasteiger partial charge in [0.05, 0.1) is 30.8 Å². The van der Waals surface area contributed by atoms with Crippen LogP contribution in [0.5, 0.6) is 5.75 Å². The molecule has 140 valence electrons. The van der Waals surface area contributed by atoms with Gasteiger partial charge in [-0.15, -0.1) is 0 Å². The Morgan fingerprint density at radius 3 is 2.67 bits per heavy atom. The molecule has 0 spiro atoms. The Hall–Kier alpha value is -3.19. The number of amides is 1. The van der Waals surface area contributed by atoms with Crippen LogP contribution in [-0.4, -0.2) is 37.6 Å². The molecular formula is C20H22N3O4+. The van der Waals surface area contributed by atoms with Crippen LogP contribution in [0.4, 0.5) is 11.4 Å². The van der Waals surface area contributed by atoms with Crippen LogP contribution in [0.25, 0.3) is 5.57 Å². The number of methoxy groups -OCH3 is 1. The molecular weight excluding hydrogens is 346 g/mol. The number of nitrogens with one attached hydrogen (secondary N) is 2. The summed E-state index contributed by atoms with van der Waals surface area (Å²) in [5, 5.41) is 13.7. The summed E-state index contributed by atoms with van der Waals surface area (Å²) in [6.07, 6.45) is 3.09. The third-order valence-electron chi connectivity index (χ3n) is 4.61. The van der Waals surface area contributed by atoms with Gasteiger partial charge in [-0.05, 0) is 23.3 Å². The molecule has 7 nitrogen and oxygen atoms in total. The van der Waals surface area contributed by atoms with Crippen molar-refractivity contribution in [1.29, 1.82) is 0 Å².